The highest BCUT2D eigenvalue weighted by atomic mass is 16.3. The van der Waals surface area contributed by atoms with Crippen LogP contribution in [0.2, 0.25) is 0 Å². The molecule has 1 N–H and O–H groups in total. The molecule has 1 aliphatic rings. The molecule has 0 atom stereocenters. The lowest BCUT2D eigenvalue weighted by atomic mass is 10.2. The first-order valence-electron chi connectivity index (χ1n) is 6.53. The summed E-state index contributed by atoms with van der Waals surface area (Å²) in [7, 11) is 0. The number of hydrogen-bond donors (Lipinski definition) is 1. The Balaban J connectivity index is 0.000000686. The van der Waals surface area contributed by atoms with Gasteiger partial charge in [-0.3, -0.25) is 4.90 Å². The van der Waals surface area contributed by atoms with Crippen LogP contribution in [0.5, 0.6) is 0 Å². The highest BCUT2D eigenvalue weighted by molar-refractivity contribution is 5.46. The van der Waals surface area contributed by atoms with Crippen LogP contribution in [0, 0.1) is 0 Å². The van der Waals surface area contributed by atoms with Crippen molar-refractivity contribution in [3.8, 4) is 0 Å². The molecule has 1 aliphatic heterocycles. The Kier molecular flexibility index (Phi) is 6.67. The molecule has 0 aliphatic carbocycles. The van der Waals surface area contributed by atoms with Crippen molar-refractivity contribution in [2.24, 2.45) is 0 Å². The fourth-order valence-corrected chi connectivity index (χ4v) is 2.01. The van der Waals surface area contributed by atoms with Crippen molar-refractivity contribution >= 4 is 5.69 Å². The Labute approximate surface area is 105 Å². The minimum atomic E-state index is 0.269. The maximum atomic E-state index is 8.85. The zero-order valence-corrected chi connectivity index (χ0v) is 11.0. The molecule has 96 valence electrons. The monoisotopic (exact) mass is 236 g/mol. The third kappa shape index (κ3) is 4.36. The van der Waals surface area contributed by atoms with Gasteiger partial charge >= 0.3 is 0 Å². The van der Waals surface area contributed by atoms with E-state index in [-0.39, 0.29) is 6.61 Å². The van der Waals surface area contributed by atoms with E-state index in [1.165, 1.54) is 5.69 Å². The van der Waals surface area contributed by atoms with Crippen LogP contribution in [-0.4, -0.2) is 49.3 Å². The lowest BCUT2D eigenvalue weighted by Gasteiger charge is -2.35. The molecule has 17 heavy (non-hydrogen) atoms. The molecule has 1 heterocycles. The number of benzene rings is 1. The number of hydrogen-bond acceptors (Lipinski definition) is 3. The Bertz CT molecular complexity index is 282. The molecule has 3 nitrogen and oxygen atoms in total. The molecule has 0 radical (unpaired) electrons. The minimum absolute atomic E-state index is 0.269. The lowest BCUT2D eigenvalue weighted by Crippen LogP contribution is -2.47. The van der Waals surface area contributed by atoms with Gasteiger partial charge in [-0.1, -0.05) is 32.0 Å². The molecule has 0 aromatic heterocycles. The maximum Gasteiger partial charge on any atom is 0.0558 e. The van der Waals surface area contributed by atoms with Gasteiger partial charge in [0.1, 0.15) is 0 Å². The minimum Gasteiger partial charge on any atom is -0.395 e. The van der Waals surface area contributed by atoms with Gasteiger partial charge in [0.25, 0.3) is 0 Å². The van der Waals surface area contributed by atoms with Crippen LogP contribution in [-0.2, 0) is 0 Å². The summed E-state index contributed by atoms with van der Waals surface area (Å²) in [6, 6.07) is 10.5. The third-order valence-corrected chi connectivity index (χ3v) is 2.91. The zero-order chi connectivity index (χ0) is 12.5. The van der Waals surface area contributed by atoms with E-state index in [0.29, 0.717) is 0 Å². The molecule has 1 aromatic carbocycles. The smallest absolute Gasteiger partial charge is 0.0558 e. The van der Waals surface area contributed by atoms with Crippen molar-refractivity contribution in [2.75, 3.05) is 44.2 Å². The number of aliphatic hydroxyl groups is 1. The predicted molar refractivity (Wildman–Crippen MR) is 73.5 cm³/mol. The second-order valence-corrected chi connectivity index (χ2v) is 3.89. The largest absolute Gasteiger partial charge is 0.395 e. The predicted octanol–water partition coefficient (Wildman–Crippen LogP) is 1.83. The summed E-state index contributed by atoms with van der Waals surface area (Å²) < 4.78 is 0. The SMILES string of the molecule is CC.OCCN1CCN(c2ccccc2)CC1. The van der Waals surface area contributed by atoms with Crippen molar-refractivity contribution in [3.63, 3.8) is 0 Å². The molecule has 3 heteroatoms. The van der Waals surface area contributed by atoms with Gasteiger partial charge in [-0.2, -0.15) is 0 Å². The van der Waals surface area contributed by atoms with E-state index in [1.54, 1.807) is 0 Å². The average Bonchev–Trinajstić information content (AvgIpc) is 2.43. The molecule has 1 fully saturated rings. The van der Waals surface area contributed by atoms with E-state index in [0.717, 1.165) is 32.7 Å². The number of piperazine rings is 1. The van der Waals surface area contributed by atoms with Crippen LogP contribution >= 0.6 is 0 Å². The van der Waals surface area contributed by atoms with Crippen molar-refractivity contribution in [1.29, 1.82) is 0 Å². The van der Waals surface area contributed by atoms with Gasteiger partial charge in [0.05, 0.1) is 6.61 Å². The van der Waals surface area contributed by atoms with E-state index < -0.39 is 0 Å². The van der Waals surface area contributed by atoms with Gasteiger partial charge in [0.2, 0.25) is 0 Å². The zero-order valence-electron chi connectivity index (χ0n) is 11.0. The summed E-state index contributed by atoms with van der Waals surface area (Å²) in [5, 5.41) is 8.85. The first-order valence-corrected chi connectivity index (χ1v) is 6.53. The Hall–Kier alpha value is -1.06. The van der Waals surface area contributed by atoms with Gasteiger partial charge in [-0.25, -0.2) is 0 Å². The Morgan fingerprint density at radius 2 is 1.59 bits per heavy atom. The number of anilines is 1. The summed E-state index contributed by atoms with van der Waals surface area (Å²) in [6.07, 6.45) is 0. The fourth-order valence-electron chi connectivity index (χ4n) is 2.01. The van der Waals surface area contributed by atoms with Gasteiger partial charge in [-0.05, 0) is 12.1 Å². The molecule has 1 saturated heterocycles. The molecule has 1 aromatic rings. The Morgan fingerprint density at radius 1 is 1.00 bits per heavy atom. The second kappa shape index (κ2) is 8.09. The van der Waals surface area contributed by atoms with Crippen LogP contribution < -0.4 is 4.90 Å². The summed E-state index contributed by atoms with van der Waals surface area (Å²) in [5.74, 6) is 0. The van der Waals surface area contributed by atoms with Crippen LogP contribution in [0.25, 0.3) is 0 Å². The number of aliphatic hydroxyl groups excluding tert-OH is 1. The number of β-amino-alcohol motifs (C(OH)–C–C–N with tert-alkyl or cyclic N) is 1. The summed E-state index contributed by atoms with van der Waals surface area (Å²) >= 11 is 0. The molecular formula is C14H24N2O. The number of nitrogens with zero attached hydrogens (tertiary/aromatic N) is 2. The highest BCUT2D eigenvalue weighted by Gasteiger charge is 2.15. The third-order valence-electron chi connectivity index (χ3n) is 2.91. The highest BCUT2D eigenvalue weighted by Crippen LogP contribution is 2.15. The van der Waals surface area contributed by atoms with E-state index in [9.17, 15) is 0 Å². The molecular weight excluding hydrogens is 212 g/mol. The standard InChI is InChI=1S/C12H18N2O.C2H6/c15-11-10-13-6-8-14(9-7-13)12-4-2-1-3-5-12;1-2/h1-5,15H,6-11H2;1-2H3. The normalized spacial score (nSPS) is 16.3. The Morgan fingerprint density at radius 3 is 2.12 bits per heavy atom. The number of para-hydroxylation sites is 1. The van der Waals surface area contributed by atoms with Gasteiger partial charge in [0, 0.05) is 38.4 Å². The quantitative estimate of drug-likeness (QED) is 0.867. The van der Waals surface area contributed by atoms with Crippen molar-refractivity contribution in [2.45, 2.75) is 13.8 Å². The van der Waals surface area contributed by atoms with E-state index in [4.69, 9.17) is 5.11 Å². The summed E-state index contributed by atoms with van der Waals surface area (Å²) in [6.45, 7) is 9.30. The van der Waals surface area contributed by atoms with Gasteiger partial charge in [0.15, 0.2) is 0 Å². The van der Waals surface area contributed by atoms with E-state index in [2.05, 4.69) is 34.1 Å². The molecule has 0 bridgehead atoms. The average molecular weight is 236 g/mol. The van der Waals surface area contributed by atoms with E-state index >= 15 is 0 Å². The van der Waals surface area contributed by atoms with Crippen LogP contribution in [0.15, 0.2) is 30.3 Å². The molecule has 2 rings (SSSR count). The molecule has 0 amide bonds. The van der Waals surface area contributed by atoms with Crippen molar-refractivity contribution < 1.29 is 5.11 Å². The van der Waals surface area contributed by atoms with Crippen molar-refractivity contribution in [3.05, 3.63) is 30.3 Å². The van der Waals surface area contributed by atoms with Crippen LogP contribution in [0.3, 0.4) is 0 Å². The summed E-state index contributed by atoms with van der Waals surface area (Å²) in [5.41, 5.74) is 1.31. The molecule has 0 spiro atoms. The van der Waals surface area contributed by atoms with Crippen LogP contribution in [0.4, 0.5) is 5.69 Å². The van der Waals surface area contributed by atoms with Gasteiger partial charge in [-0.15, -0.1) is 0 Å². The first kappa shape index (κ1) is 14.0. The summed E-state index contributed by atoms with van der Waals surface area (Å²) in [4.78, 5) is 4.70. The first-order chi connectivity index (χ1) is 8.40. The van der Waals surface area contributed by atoms with Crippen LogP contribution in [0.1, 0.15) is 13.8 Å². The van der Waals surface area contributed by atoms with Crippen molar-refractivity contribution in [1.82, 2.24) is 4.90 Å². The molecule has 0 saturated carbocycles. The molecule has 0 unspecified atom stereocenters. The number of rotatable bonds is 3. The van der Waals surface area contributed by atoms with E-state index in [1.807, 2.05) is 19.9 Å². The fraction of sp³-hybridized carbons (Fsp3) is 0.571. The topological polar surface area (TPSA) is 26.7 Å². The second-order valence-electron chi connectivity index (χ2n) is 3.89. The maximum absolute atomic E-state index is 8.85. The van der Waals surface area contributed by atoms with Gasteiger partial charge < -0.3 is 10.0 Å². The lowest BCUT2D eigenvalue weighted by molar-refractivity contribution is 0.189.